The average molecular weight is 560 g/mol. The molecule has 3 rings (SSSR count). The van der Waals surface area contributed by atoms with Crippen LogP contribution >= 0.6 is 24.0 Å². The number of methoxy groups -OCH3 is 1. The summed E-state index contributed by atoms with van der Waals surface area (Å²) < 4.78 is 11.2. The Morgan fingerprint density at radius 3 is 2.38 bits per heavy atom. The predicted octanol–water partition coefficient (Wildman–Crippen LogP) is 3.11. The molecule has 0 aromatic heterocycles. The lowest BCUT2D eigenvalue weighted by Gasteiger charge is -2.35. The van der Waals surface area contributed by atoms with Gasteiger partial charge in [-0.1, -0.05) is 12.1 Å². The molecule has 0 aliphatic carbocycles. The predicted molar refractivity (Wildman–Crippen MR) is 142 cm³/mol. The van der Waals surface area contributed by atoms with Crippen molar-refractivity contribution < 1.29 is 9.47 Å². The Morgan fingerprint density at radius 2 is 1.78 bits per heavy atom. The van der Waals surface area contributed by atoms with E-state index >= 15 is 0 Å². The van der Waals surface area contributed by atoms with Crippen molar-refractivity contribution in [2.45, 2.75) is 51.4 Å². The number of guanidine groups is 1. The van der Waals surface area contributed by atoms with E-state index in [-0.39, 0.29) is 24.0 Å². The molecule has 1 aromatic carbocycles. The number of rotatable bonds is 9. The van der Waals surface area contributed by atoms with Crippen LogP contribution in [0.25, 0.3) is 0 Å². The van der Waals surface area contributed by atoms with Crippen molar-refractivity contribution >= 4 is 29.9 Å². The van der Waals surface area contributed by atoms with Gasteiger partial charge in [0.05, 0.1) is 25.4 Å². The second kappa shape index (κ2) is 14.2. The minimum Gasteiger partial charge on any atom is -0.497 e. The highest BCUT2D eigenvalue weighted by Gasteiger charge is 2.24. The third-order valence-electron chi connectivity index (χ3n) is 6.21. The summed E-state index contributed by atoms with van der Waals surface area (Å²) in [6.07, 6.45) is 4.29. The van der Waals surface area contributed by atoms with E-state index < -0.39 is 0 Å². The first-order valence-corrected chi connectivity index (χ1v) is 11.8. The van der Waals surface area contributed by atoms with Crippen LogP contribution in [-0.2, 0) is 4.74 Å². The lowest BCUT2D eigenvalue weighted by Crippen LogP contribution is -2.46. The molecule has 2 heterocycles. The summed E-state index contributed by atoms with van der Waals surface area (Å²) in [5.74, 6) is 1.78. The molecular formula is C24H42IN5O2. The molecule has 2 saturated heterocycles. The molecule has 0 spiro atoms. The minimum absolute atomic E-state index is 0. The molecule has 1 aromatic rings. The van der Waals surface area contributed by atoms with E-state index in [4.69, 9.17) is 9.47 Å². The highest BCUT2D eigenvalue weighted by atomic mass is 127. The van der Waals surface area contributed by atoms with Crippen molar-refractivity contribution in [1.29, 1.82) is 0 Å². The van der Waals surface area contributed by atoms with Gasteiger partial charge < -0.3 is 20.1 Å². The number of aliphatic imine (C=N–C) groups is 1. The summed E-state index contributed by atoms with van der Waals surface area (Å²) in [6, 6.07) is 8.81. The van der Waals surface area contributed by atoms with E-state index in [9.17, 15) is 0 Å². The van der Waals surface area contributed by atoms with Crippen molar-refractivity contribution in [1.82, 2.24) is 20.4 Å². The zero-order chi connectivity index (χ0) is 22.1. The maximum absolute atomic E-state index is 5.83. The summed E-state index contributed by atoms with van der Waals surface area (Å²) in [4.78, 5) is 9.51. The fourth-order valence-corrected chi connectivity index (χ4v) is 4.73. The van der Waals surface area contributed by atoms with Gasteiger partial charge in [-0.25, -0.2) is 0 Å². The van der Waals surface area contributed by atoms with Gasteiger partial charge in [0.2, 0.25) is 0 Å². The second-order valence-corrected chi connectivity index (χ2v) is 8.78. The molecule has 2 N–H and O–H groups in total. The van der Waals surface area contributed by atoms with Crippen LogP contribution in [-0.4, -0.2) is 87.9 Å². The number of nitrogens with zero attached hydrogens (tertiary/aromatic N) is 3. The number of nitrogens with one attached hydrogen (secondary N) is 2. The Hall–Kier alpha value is -1.10. The van der Waals surface area contributed by atoms with E-state index in [1.807, 2.05) is 7.05 Å². The van der Waals surface area contributed by atoms with Gasteiger partial charge >= 0.3 is 0 Å². The molecule has 32 heavy (non-hydrogen) atoms. The van der Waals surface area contributed by atoms with Crippen molar-refractivity contribution in [3.8, 4) is 5.75 Å². The normalized spacial score (nSPS) is 23.4. The van der Waals surface area contributed by atoms with Crippen molar-refractivity contribution in [2.75, 3.05) is 60.0 Å². The molecule has 0 amide bonds. The van der Waals surface area contributed by atoms with E-state index in [0.29, 0.717) is 18.2 Å². The van der Waals surface area contributed by atoms with Gasteiger partial charge in [0.25, 0.3) is 0 Å². The van der Waals surface area contributed by atoms with Gasteiger partial charge in [-0.05, 0) is 63.9 Å². The Kier molecular flexibility index (Phi) is 12.1. The third-order valence-corrected chi connectivity index (χ3v) is 6.21. The molecule has 0 bridgehead atoms. The van der Waals surface area contributed by atoms with Gasteiger partial charge in [-0.15, -0.1) is 24.0 Å². The molecule has 2 aliphatic heterocycles. The first-order chi connectivity index (χ1) is 15.1. The monoisotopic (exact) mass is 559 g/mol. The van der Waals surface area contributed by atoms with E-state index in [2.05, 4.69) is 63.5 Å². The number of hydrogen-bond donors (Lipinski definition) is 2. The SMILES string of the molecule is CN=C(NCCCN1CC(C)OC(C)C1)NCC(c1ccc(OC)cc1)N1CCCC1.I. The minimum atomic E-state index is 0. The smallest absolute Gasteiger partial charge is 0.191 e. The largest absolute Gasteiger partial charge is 0.497 e. The number of hydrogen-bond acceptors (Lipinski definition) is 5. The maximum atomic E-state index is 5.83. The van der Waals surface area contributed by atoms with E-state index in [1.165, 1.54) is 18.4 Å². The molecule has 3 unspecified atom stereocenters. The third kappa shape index (κ3) is 8.35. The zero-order valence-corrected chi connectivity index (χ0v) is 22.5. The number of morpholine rings is 1. The van der Waals surface area contributed by atoms with Gasteiger partial charge in [0.15, 0.2) is 5.96 Å². The van der Waals surface area contributed by atoms with Crippen LogP contribution in [0.2, 0.25) is 0 Å². The van der Waals surface area contributed by atoms with Crippen molar-refractivity contribution in [3.05, 3.63) is 29.8 Å². The van der Waals surface area contributed by atoms with Gasteiger partial charge in [-0.3, -0.25) is 14.8 Å². The fourth-order valence-electron chi connectivity index (χ4n) is 4.73. The maximum Gasteiger partial charge on any atom is 0.191 e. The van der Waals surface area contributed by atoms with Crippen molar-refractivity contribution in [3.63, 3.8) is 0 Å². The molecule has 182 valence electrons. The highest BCUT2D eigenvalue weighted by molar-refractivity contribution is 14.0. The van der Waals surface area contributed by atoms with Gasteiger partial charge in [0.1, 0.15) is 5.75 Å². The average Bonchev–Trinajstić information content (AvgIpc) is 3.29. The first kappa shape index (κ1) is 27.1. The second-order valence-electron chi connectivity index (χ2n) is 8.78. The first-order valence-electron chi connectivity index (χ1n) is 11.8. The lowest BCUT2D eigenvalue weighted by atomic mass is 10.1. The summed E-state index contributed by atoms with van der Waals surface area (Å²) >= 11 is 0. The Labute approximate surface area is 211 Å². The van der Waals surface area contributed by atoms with Crippen LogP contribution < -0.4 is 15.4 Å². The molecule has 7 nitrogen and oxygen atoms in total. The van der Waals surface area contributed by atoms with Gasteiger partial charge in [0, 0.05) is 39.8 Å². The molecule has 2 fully saturated rings. The summed E-state index contributed by atoms with van der Waals surface area (Å²) in [5.41, 5.74) is 1.32. The summed E-state index contributed by atoms with van der Waals surface area (Å²) in [5, 5.41) is 7.05. The Bertz CT molecular complexity index is 671. The Balaban J connectivity index is 0.00000363. The standard InChI is InChI=1S/C24H41N5O2.HI/c1-19-17-28(18-20(2)31-19)13-7-12-26-24(25-3)27-16-23(29-14-5-6-15-29)21-8-10-22(30-4)11-9-21;/h8-11,19-20,23H,5-7,12-18H2,1-4H3,(H2,25,26,27);1H. The highest BCUT2D eigenvalue weighted by Crippen LogP contribution is 2.26. The Morgan fingerprint density at radius 1 is 1.12 bits per heavy atom. The zero-order valence-electron chi connectivity index (χ0n) is 20.2. The molecule has 0 radical (unpaired) electrons. The molecule has 3 atom stereocenters. The van der Waals surface area contributed by atoms with Gasteiger partial charge in [-0.2, -0.15) is 0 Å². The van der Waals surface area contributed by atoms with Crippen LogP contribution in [0.1, 0.15) is 44.7 Å². The van der Waals surface area contributed by atoms with Crippen LogP contribution in [0.15, 0.2) is 29.3 Å². The lowest BCUT2D eigenvalue weighted by molar-refractivity contribution is -0.0679. The molecular weight excluding hydrogens is 517 g/mol. The van der Waals surface area contributed by atoms with Crippen LogP contribution in [0, 0.1) is 0 Å². The molecule has 0 saturated carbocycles. The number of benzene rings is 1. The topological polar surface area (TPSA) is 61.4 Å². The number of likely N-dealkylation sites (tertiary alicyclic amines) is 1. The number of ether oxygens (including phenoxy) is 2. The number of halogens is 1. The summed E-state index contributed by atoms with van der Waals surface area (Å²) in [6.45, 7) is 11.5. The molecule has 2 aliphatic rings. The van der Waals surface area contributed by atoms with Crippen LogP contribution in [0.5, 0.6) is 5.75 Å². The van der Waals surface area contributed by atoms with Crippen molar-refractivity contribution in [2.24, 2.45) is 4.99 Å². The van der Waals surface area contributed by atoms with E-state index in [1.54, 1.807) is 7.11 Å². The summed E-state index contributed by atoms with van der Waals surface area (Å²) in [7, 11) is 3.56. The fraction of sp³-hybridized carbons (Fsp3) is 0.708. The van der Waals surface area contributed by atoms with E-state index in [0.717, 1.165) is 63.9 Å². The quantitative estimate of drug-likeness (QED) is 0.210. The van der Waals surface area contributed by atoms with Crippen LogP contribution in [0.4, 0.5) is 0 Å². The van der Waals surface area contributed by atoms with Crippen LogP contribution in [0.3, 0.4) is 0 Å². The molecule has 8 heteroatoms.